The second kappa shape index (κ2) is 11.2. The van der Waals surface area contributed by atoms with E-state index in [1.165, 1.54) is 22.7 Å². The van der Waals surface area contributed by atoms with E-state index >= 15 is 0 Å². The summed E-state index contributed by atoms with van der Waals surface area (Å²) in [5.74, 6) is 1.71. The molecule has 10 nitrogen and oxygen atoms in total. The molecule has 1 aromatic heterocycles. The van der Waals surface area contributed by atoms with Gasteiger partial charge in [0.05, 0.1) is 14.2 Å². The first kappa shape index (κ1) is 27.7. The van der Waals surface area contributed by atoms with E-state index in [9.17, 15) is 13.9 Å². The van der Waals surface area contributed by atoms with Crippen molar-refractivity contribution >= 4 is 39.8 Å². The summed E-state index contributed by atoms with van der Waals surface area (Å²) in [6, 6.07) is 14.3. The quantitative estimate of drug-likeness (QED) is 0.298. The molecule has 1 amide bonds. The van der Waals surface area contributed by atoms with Crippen molar-refractivity contribution in [3.8, 4) is 11.5 Å². The number of nitrogens with one attached hydrogen (secondary N) is 2. The lowest BCUT2D eigenvalue weighted by atomic mass is 9.97. The van der Waals surface area contributed by atoms with Gasteiger partial charge in [-0.2, -0.15) is 0 Å². The Morgan fingerprint density at radius 1 is 1.18 bits per heavy atom. The summed E-state index contributed by atoms with van der Waals surface area (Å²) in [4.78, 5) is 22.5. The van der Waals surface area contributed by atoms with Gasteiger partial charge in [0.1, 0.15) is 33.1 Å². The number of thiazole rings is 1. The monoisotopic (exact) mass is 559 g/mol. The fraction of sp³-hybridized carbons (Fsp3) is 0.346. The van der Waals surface area contributed by atoms with Crippen LogP contribution in [0.4, 0.5) is 5.82 Å². The molecule has 204 valence electrons. The highest BCUT2D eigenvalue weighted by molar-refractivity contribution is 8.23. The van der Waals surface area contributed by atoms with Gasteiger partial charge in [-0.1, -0.05) is 25.1 Å². The summed E-state index contributed by atoms with van der Waals surface area (Å²) < 4.78 is 34.6. The first-order valence-corrected chi connectivity index (χ1v) is 14.5. The molecule has 0 saturated carbocycles. The Balaban J connectivity index is 1.62. The van der Waals surface area contributed by atoms with Gasteiger partial charge >= 0.3 is 0 Å². The highest BCUT2D eigenvalue weighted by Gasteiger charge is 2.51. The summed E-state index contributed by atoms with van der Waals surface area (Å²) in [7, 11) is 1.40. The second-order valence-corrected chi connectivity index (χ2v) is 12.0. The van der Waals surface area contributed by atoms with Crippen molar-refractivity contribution in [2.75, 3.05) is 26.6 Å². The largest absolute Gasteiger partial charge is 0.497 e. The summed E-state index contributed by atoms with van der Waals surface area (Å²) in [5.41, 5.74) is 0.286. The number of hydrogen-bond donors (Lipinski definition) is 4. The molecule has 1 aliphatic rings. The number of rotatable bonds is 8. The second-order valence-electron chi connectivity index (χ2n) is 8.93. The van der Waals surface area contributed by atoms with Crippen molar-refractivity contribution in [3.05, 3.63) is 70.0 Å². The summed E-state index contributed by atoms with van der Waals surface area (Å²) in [6.07, 6.45) is 0.442. The van der Waals surface area contributed by atoms with Crippen molar-refractivity contribution in [3.63, 3.8) is 0 Å². The molecular formula is C26H33N5O5S2. The number of aromatic nitrogens is 1. The first-order chi connectivity index (χ1) is 18.1. The Hall–Kier alpha value is -3.32. The lowest BCUT2D eigenvalue weighted by molar-refractivity contribution is 0.0973. The maximum Gasteiger partial charge on any atom is 0.257 e. The third-order valence-corrected chi connectivity index (χ3v) is 10.2. The molecule has 38 heavy (non-hydrogen) atoms. The minimum absolute atomic E-state index is 0.0822. The van der Waals surface area contributed by atoms with E-state index in [-0.39, 0.29) is 5.96 Å². The molecule has 0 aliphatic carbocycles. The Morgan fingerprint density at radius 2 is 1.92 bits per heavy atom. The number of carbonyl (C=O) groups is 1. The van der Waals surface area contributed by atoms with Crippen LogP contribution in [0.2, 0.25) is 0 Å². The SMILES string of the molecule is CCC1C(C)(c2nc(NCc3ccc(OC)cc3OC)cs2)N=C(NC(=O)c2ccccc2)N(C)S1(O)O. The van der Waals surface area contributed by atoms with Crippen LogP contribution in [0, 0.1) is 0 Å². The highest BCUT2D eigenvalue weighted by atomic mass is 32.3. The number of carbonyl (C=O) groups excluding carboxylic acids is 1. The third-order valence-electron chi connectivity index (χ3n) is 6.57. The number of ether oxygens (including phenoxy) is 2. The minimum Gasteiger partial charge on any atom is -0.497 e. The number of hydrogen-bond acceptors (Lipinski definition) is 10. The van der Waals surface area contributed by atoms with Gasteiger partial charge in [0.25, 0.3) is 5.91 Å². The molecule has 4 N–H and O–H groups in total. The van der Waals surface area contributed by atoms with Gasteiger partial charge in [0.2, 0.25) is 5.96 Å². The van der Waals surface area contributed by atoms with Gasteiger partial charge in [0.15, 0.2) is 0 Å². The van der Waals surface area contributed by atoms with Gasteiger partial charge < -0.3 is 14.8 Å². The zero-order chi connectivity index (χ0) is 27.5. The van der Waals surface area contributed by atoms with Crippen molar-refractivity contribution in [2.45, 2.75) is 37.6 Å². The van der Waals surface area contributed by atoms with Crippen LogP contribution < -0.4 is 20.1 Å². The molecule has 3 aromatic rings. The Bertz CT molecular complexity index is 1320. The predicted molar refractivity (Wildman–Crippen MR) is 152 cm³/mol. The van der Waals surface area contributed by atoms with E-state index < -0.39 is 27.5 Å². The number of guanidine groups is 1. The fourth-order valence-corrected chi connectivity index (χ4v) is 7.40. The molecule has 4 rings (SSSR count). The smallest absolute Gasteiger partial charge is 0.257 e. The molecule has 2 unspecified atom stereocenters. The molecule has 2 heterocycles. The summed E-state index contributed by atoms with van der Waals surface area (Å²) in [5, 5.41) is 7.90. The van der Waals surface area contributed by atoms with Gasteiger partial charge in [-0.25, -0.2) is 14.3 Å². The number of methoxy groups -OCH3 is 2. The number of nitrogens with zero attached hydrogens (tertiary/aromatic N) is 3. The number of benzene rings is 2. The molecule has 0 spiro atoms. The highest BCUT2D eigenvalue weighted by Crippen LogP contribution is 2.59. The lowest BCUT2D eigenvalue weighted by Crippen LogP contribution is -2.55. The molecular weight excluding hydrogens is 526 g/mol. The lowest BCUT2D eigenvalue weighted by Gasteiger charge is -2.55. The van der Waals surface area contributed by atoms with E-state index in [0.717, 1.165) is 5.56 Å². The van der Waals surface area contributed by atoms with Gasteiger partial charge in [-0.3, -0.25) is 19.2 Å². The Kier molecular flexibility index (Phi) is 8.16. The molecule has 2 atom stereocenters. The predicted octanol–water partition coefficient (Wildman–Crippen LogP) is 5.16. The molecule has 2 aromatic carbocycles. The first-order valence-electron chi connectivity index (χ1n) is 12.0. The van der Waals surface area contributed by atoms with Crippen LogP contribution in [0.5, 0.6) is 11.5 Å². The van der Waals surface area contributed by atoms with Gasteiger partial charge in [-0.15, -0.1) is 22.1 Å². The Labute approximate surface area is 228 Å². The zero-order valence-electron chi connectivity index (χ0n) is 22.0. The van der Waals surface area contributed by atoms with Crippen molar-refractivity contribution in [1.82, 2.24) is 14.6 Å². The van der Waals surface area contributed by atoms with E-state index in [4.69, 9.17) is 19.5 Å². The molecule has 0 saturated heterocycles. The molecule has 1 aliphatic heterocycles. The van der Waals surface area contributed by atoms with Crippen LogP contribution >= 0.6 is 22.1 Å². The average molecular weight is 560 g/mol. The van der Waals surface area contributed by atoms with Crippen LogP contribution in [-0.4, -0.2) is 56.8 Å². The summed E-state index contributed by atoms with van der Waals surface area (Å²) >= 11 is 1.37. The summed E-state index contributed by atoms with van der Waals surface area (Å²) in [6.45, 7) is 4.17. The molecule has 12 heteroatoms. The molecule has 0 fully saturated rings. The van der Waals surface area contributed by atoms with Crippen LogP contribution in [0.3, 0.4) is 0 Å². The van der Waals surface area contributed by atoms with E-state index in [1.54, 1.807) is 38.5 Å². The van der Waals surface area contributed by atoms with Crippen LogP contribution in [0.1, 0.15) is 41.2 Å². The van der Waals surface area contributed by atoms with Crippen molar-refractivity contribution in [2.24, 2.45) is 4.99 Å². The van der Waals surface area contributed by atoms with Gasteiger partial charge in [-0.05, 0) is 37.6 Å². The minimum atomic E-state index is -3.34. The van der Waals surface area contributed by atoms with E-state index in [0.29, 0.717) is 40.9 Å². The third kappa shape index (κ3) is 5.30. The maximum absolute atomic E-state index is 12.9. The fourth-order valence-electron chi connectivity index (χ4n) is 4.44. The van der Waals surface area contributed by atoms with Crippen LogP contribution in [-0.2, 0) is 12.1 Å². The number of anilines is 1. The zero-order valence-corrected chi connectivity index (χ0v) is 23.6. The standard InChI is InChI=1S/C26H33N5O5S2/c1-6-21-26(2,30-25(31(3)38(21,33)34)29-23(32)17-10-8-7-9-11-17)24-28-22(16-37-24)27-15-18-12-13-19(35-4)14-20(18)36-5/h7-14,16,21,27,33-34H,6,15H2,1-5H3,(H,29,30,32). The van der Waals surface area contributed by atoms with Crippen LogP contribution in [0.15, 0.2) is 58.9 Å². The number of aliphatic imine (C=N–C) groups is 1. The molecule has 0 bridgehead atoms. The molecule has 0 radical (unpaired) electrons. The van der Waals surface area contributed by atoms with Crippen LogP contribution in [0.25, 0.3) is 0 Å². The maximum atomic E-state index is 12.9. The van der Waals surface area contributed by atoms with Gasteiger partial charge in [0, 0.05) is 36.2 Å². The normalized spacial score (nSPS) is 21.3. The number of amides is 1. The van der Waals surface area contributed by atoms with Crippen molar-refractivity contribution < 1.29 is 23.4 Å². The van der Waals surface area contributed by atoms with E-state index in [1.807, 2.05) is 43.5 Å². The van der Waals surface area contributed by atoms with Crippen molar-refractivity contribution in [1.29, 1.82) is 0 Å². The topological polar surface area (TPSA) is 129 Å². The average Bonchev–Trinajstić information content (AvgIpc) is 3.41. The van der Waals surface area contributed by atoms with E-state index in [2.05, 4.69) is 10.6 Å². The Morgan fingerprint density at radius 3 is 2.58 bits per heavy atom.